The van der Waals surface area contributed by atoms with Crippen LogP contribution in [0.1, 0.15) is 128 Å². The lowest BCUT2D eigenvalue weighted by Crippen LogP contribution is -2.43. The number of para-hydroxylation sites is 1. The molecule has 0 amide bonds. The number of unbranched alkanes of at least 4 members (excludes halogenated alkanes) is 15. The van der Waals surface area contributed by atoms with Crippen LogP contribution in [0.5, 0.6) is 5.75 Å². The van der Waals surface area contributed by atoms with Crippen molar-refractivity contribution in [3.05, 3.63) is 29.8 Å². The van der Waals surface area contributed by atoms with E-state index in [9.17, 15) is 4.79 Å². The quantitative estimate of drug-likeness (QED) is 0.0829. The van der Waals surface area contributed by atoms with Crippen LogP contribution >= 0.6 is 0 Å². The molecule has 2 rings (SSSR count). The van der Waals surface area contributed by atoms with Crippen molar-refractivity contribution in [1.29, 1.82) is 0 Å². The molecule has 1 saturated heterocycles. The molecule has 37 heavy (non-hydrogen) atoms. The summed E-state index contributed by atoms with van der Waals surface area (Å²) < 4.78 is 12.6. The molecule has 0 spiro atoms. The maximum Gasteiger partial charge on any atom is 0.310 e. The summed E-state index contributed by atoms with van der Waals surface area (Å²) in [5, 5.41) is 0. The van der Waals surface area contributed by atoms with E-state index in [4.69, 9.17) is 9.47 Å². The zero-order valence-corrected chi connectivity index (χ0v) is 24.5. The molecule has 0 radical (unpaired) electrons. The summed E-state index contributed by atoms with van der Waals surface area (Å²) in [6, 6.07) is 7.92. The van der Waals surface area contributed by atoms with Crippen LogP contribution in [0, 0.1) is 0 Å². The van der Waals surface area contributed by atoms with Gasteiger partial charge in [0, 0.05) is 18.4 Å². The Morgan fingerprint density at radius 2 is 1.24 bits per heavy atom. The Bertz CT molecular complexity index is 699. The van der Waals surface area contributed by atoms with Gasteiger partial charge in [0.1, 0.15) is 18.9 Å². The Morgan fingerprint density at radius 1 is 0.730 bits per heavy atom. The molecule has 1 heterocycles. The maximum atomic E-state index is 12.4. The molecule has 0 atom stereocenters. The first-order valence-electron chi connectivity index (χ1n) is 15.8. The number of likely N-dealkylation sites (tertiary alicyclic amines) is 1. The van der Waals surface area contributed by atoms with Crippen LogP contribution in [0.15, 0.2) is 24.3 Å². The summed E-state index contributed by atoms with van der Waals surface area (Å²) in [5.41, 5.74) is 0.936. The van der Waals surface area contributed by atoms with Gasteiger partial charge in [0.05, 0.1) is 33.2 Å². The SMILES string of the molecule is CCCCCCCCCCCCCCCCCCOc1ccccc1CC(=O)OCC[N+]1(C)CCCC1. The molecule has 1 aromatic rings. The number of hydrogen-bond donors (Lipinski definition) is 0. The third-order valence-corrected chi connectivity index (χ3v) is 8.10. The molecule has 0 unspecified atom stereocenters. The van der Waals surface area contributed by atoms with Crippen LogP contribution in [0.25, 0.3) is 0 Å². The summed E-state index contributed by atoms with van der Waals surface area (Å²) in [6.45, 7) is 6.85. The van der Waals surface area contributed by atoms with E-state index < -0.39 is 0 Å². The fourth-order valence-electron chi connectivity index (χ4n) is 5.53. The molecule has 4 heteroatoms. The molecule has 4 nitrogen and oxygen atoms in total. The highest BCUT2D eigenvalue weighted by Gasteiger charge is 2.26. The lowest BCUT2D eigenvalue weighted by atomic mass is 10.0. The number of ether oxygens (including phenoxy) is 2. The van der Waals surface area contributed by atoms with Crippen LogP contribution in [-0.4, -0.2) is 50.3 Å². The van der Waals surface area contributed by atoms with Crippen LogP contribution in [0.3, 0.4) is 0 Å². The van der Waals surface area contributed by atoms with Crippen LogP contribution < -0.4 is 4.74 Å². The first kappa shape index (κ1) is 31.7. The molecule has 0 N–H and O–H groups in total. The lowest BCUT2D eigenvalue weighted by Gasteiger charge is -2.28. The second kappa shape index (κ2) is 20.4. The van der Waals surface area contributed by atoms with Gasteiger partial charge in [0.2, 0.25) is 0 Å². The Balaban J connectivity index is 1.43. The molecular weight excluding hydrogens is 458 g/mol. The topological polar surface area (TPSA) is 35.5 Å². The Hall–Kier alpha value is -1.55. The van der Waals surface area contributed by atoms with E-state index >= 15 is 0 Å². The number of esters is 1. The van der Waals surface area contributed by atoms with Crippen LogP contribution in [0.2, 0.25) is 0 Å². The summed E-state index contributed by atoms with van der Waals surface area (Å²) in [6.07, 6.45) is 24.8. The minimum atomic E-state index is -0.149. The largest absolute Gasteiger partial charge is 0.493 e. The summed E-state index contributed by atoms with van der Waals surface area (Å²) >= 11 is 0. The summed E-state index contributed by atoms with van der Waals surface area (Å²) in [7, 11) is 2.27. The number of rotatable bonds is 23. The lowest BCUT2D eigenvalue weighted by molar-refractivity contribution is -0.897. The molecule has 212 valence electrons. The van der Waals surface area contributed by atoms with Crippen LogP contribution in [-0.2, 0) is 16.0 Å². The predicted molar refractivity (Wildman–Crippen MR) is 156 cm³/mol. The minimum absolute atomic E-state index is 0.149. The van der Waals surface area contributed by atoms with Crippen LogP contribution in [0.4, 0.5) is 0 Å². The highest BCUT2D eigenvalue weighted by Crippen LogP contribution is 2.20. The second-order valence-corrected chi connectivity index (χ2v) is 11.7. The summed E-state index contributed by atoms with van der Waals surface area (Å²) in [5.74, 6) is 0.684. The van der Waals surface area contributed by atoms with Gasteiger partial charge in [0.25, 0.3) is 0 Å². The van der Waals surface area contributed by atoms with Gasteiger partial charge < -0.3 is 14.0 Å². The Morgan fingerprint density at radius 3 is 1.81 bits per heavy atom. The molecule has 1 aliphatic heterocycles. The van der Waals surface area contributed by atoms with Crippen molar-refractivity contribution in [2.75, 3.05) is 39.9 Å². The Kier molecular flexibility index (Phi) is 17.5. The molecular formula is C33H58NO3+. The second-order valence-electron chi connectivity index (χ2n) is 11.7. The Labute approximate surface area is 229 Å². The van der Waals surface area contributed by atoms with E-state index in [0.717, 1.165) is 35.4 Å². The molecule has 1 fully saturated rings. The minimum Gasteiger partial charge on any atom is -0.493 e. The van der Waals surface area contributed by atoms with Gasteiger partial charge in [-0.25, -0.2) is 0 Å². The van der Waals surface area contributed by atoms with E-state index in [1.54, 1.807) is 0 Å². The zero-order chi connectivity index (χ0) is 26.4. The number of benzene rings is 1. The highest BCUT2D eigenvalue weighted by molar-refractivity contribution is 5.73. The first-order valence-corrected chi connectivity index (χ1v) is 15.8. The molecule has 1 aromatic carbocycles. The first-order chi connectivity index (χ1) is 18.1. The number of quaternary nitrogens is 1. The normalized spacial score (nSPS) is 14.6. The van der Waals surface area contributed by atoms with Crippen molar-refractivity contribution in [3.8, 4) is 5.75 Å². The third-order valence-electron chi connectivity index (χ3n) is 8.10. The van der Waals surface area contributed by atoms with Crippen molar-refractivity contribution in [3.63, 3.8) is 0 Å². The van der Waals surface area contributed by atoms with E-state index in [-0.39, 0.29) is 5.97 Å². The average molecular weight is 517 g/mol. The summed E-state index contributed by atoms with van der Waals surface area (Å²) in [4.78, 5) is 12.4. The van der Waals surface area contributed by atoms with Gasteiger partial charge in [-0.2, -0.15) is 0 Å². The number of carbonyl (C=O) groups is 1. The van der Waals surface area contributed by atoms with E-state index in [1.807, 2.05) is 24.3 Å². The third kappa shape index (κ3) is 15.5. The smallest absolute Gasteiger partial charge is 0.310 e. The van der Waals surface area contributed by atoms with Gasteiger partial charge in [-0.1, -0.05) is 121 Å². The van der Waals surface area contributed by atoms with Gasteiger partial charge >= 0.3 is 5.97 Å². The van der Waals surface area contributed by atoms with Gasteiger partial charge in [0.15, 0.2) is 0 Å². The molecule has 0 aromatic heterocycles. The monoisotopic (exact) mass is 516 g/mol. The van der Waals surface area contributed by atoms with Crippen molar-refractivity contribution >= 4 is 5.97 Å². The molecule has 1 aliphatic rings. The standard InChI is InChI=1S/C33H58NO3/c1-3-4-5-6-7-8-9-10-11-12-13-14-15-16-17-22-28-36-32-24-19-18-23-31(32)30-33(35)37-29-27-34(2)25-20-21-26-34/h18-19,23-24H,3-17,20-22,25-30H2,1-2H3/q+1. The van der Waals surface area contributed by atoms with Crippen molar-refractivity contribution in [1.82, 2.24) is 0 Å². The van der Waals surface area contributed by atoms with Crippen molar-refractivity contribution in [2.24, 2.45) is 0 Å². The van der Waals surface area contributed by atoms with E-state index in [1.165, 1.54) is 122 Å². The van der Waals surface area contributed by atoms with Crippen molar-refractivity contribution in [2.45, 2.75) is 129 Å². The predicted octanol–water partition coefficient (Wildman–Crippen LogP) is 8.65. The fraction of sp³-hybridized carbons (Fsp3) is 0.788. The molecule has 0 bridgehead atoms. The maximum absolute atomic E-state index is 12.4. The molecule has 0 saturated carbocycles. The molecule has 0 aliphatic carbocycles. The average Bonchev–Trinajstić information content (AvgIpc) is 3.33. The highest BCUT2D eigenvalue weighted by atomic mass is 16.5. The van der Waals surface area contributed by atoms with Gasteiger partial charge in [-0.15, -0.1) is 0 Å². The van der Waals surface area contributed by atoms with Gasteiger partial charge in [-0.3, -0.25) is 4.79 Å². The fourth-order valence-corrected chi connectivity index (χ4v) is 5.53. The van der Waals surface area contributed by atoms with E-state index in [2.05, 4.69) is 14.0 Å². The number of hydrogen-bond acceptors (Lipinski definition) is 3. The number of likely N-dealkylation sites (N-methyl/N-ethyl adjacent to an activating group) is 1. The number of carbonyl (C=O) groups excluding carboxylic acids is 1. The zero-order valence-electron chi connectivity index (χ0n) is 24.5. The number of nitrogens with zero attached hydrogens (tertiary/aromatic N) is 1. The van der Waals surface area contributed by atoms with E-state index in [0.29, 0.717) is 13.0 Å². The van der Waals surface area contributed by atoms with Crippen molar-refractivity contribution < 1.29 is 18.8 Å². The van der Waals surface area contributed by atoms with Gasteiger partial charge in [-0.05, 0) is 12.5 Å².